The molecular weight excluding hydrogens is 482 g/mol. The van der Waals surface area contributed by atoms with Crippen LogP contribution < -0.4 is 5.73 Å². The predicted octanol–water partition coefficient (Wildman–Crippen LogP) is 3.34. The second-order valence-electron chi connectivity index (χ2n) is 9.21. The molecule has 0 radical (unpaired) electrons. The van der Waals surface area contributed by atoms with Crippen LogP contribution in [0.15, 0.2) is 49.1 Å². The Bertz CT molecular complexity index is 1610. The van der Waals surface area contributed by atoms with Gasteiger partial charge >= 0.3 is 0 Å². The lowest BCUT2D eigenvalue weighted by atomic mass is 9.79. The van der Waals surface area contributed by atoms with Crippen LogP contribution in [0, 0.1) is 0 Å². The maximum Gasteiger partial charge on any atom is 0.274 e. The summed E-state index contributed by atoms with van der Waals surface area (Å²) in [7, 11) is -2.78. The van der Waals surface area contributed by atoms with Gasteiger partial charge in [0.2, 0.25) is 5.91 Å². The molecule has 0 aliphatic heterocycles. The second-order valence-corrected chi connectivity index (χ2v) is 10.9. The van der Waals surface area contributed by atoms with Crippen LogP contribution in [0.4, 0.5) is 0 Å². The van der Waals surface area contributed by atoms with Crippen LogP contribution in [0.25, 0.3) is 22.2 Å². The maximum atomic E-state index is 14.0. The van der Waals surface area contributed by atoms with Gasteiger partial charge in [-0.25, -0.2) is 4.98 Å². The van der Waals surface area contributed by atoms with Gasteiger partial charge in [-0.3, -0.25) is 18.8 Å². The minimum Gasteiger partial charge on any atom is -0.366 e. The molecule has 1 aliphatic rings. The van der Waals surface area contributed by atoms with Crippen molar-refractivity contribution in [3.8, 4) is 11.1 Å². The zero-order valence-electron chi connectivity index (χ0n) is 19.6. The highest BCUT2D eigenvalue weighted by Gasteiger charge is 2.47. The molecule has 0 unspecified atom stereocenters. The summed E-state index contributed by atoms with van der Waals surface area (Å²) in [4.78, 5) is 33.4. The molecule has 0 saturated heterocycles. The average Bonchev–Trinajstić information content (AvgIpc) is 3.48. The fraction of sp³-hybridized carbons (Fsp3) is 0.280. The van der Waals surface area contributed by atoms with Gasteiger partial charge in [-0.05, 0) is 36.6 Å². The van der Waals surface area contributed by atoms with Crippen LogP contribution in [0.5, 0.6) is 0 Å². The molecule has 5 rings (SSSR count). The van der Waals surface area contributed by atoms with E-state index in [-0.39, 0.29) is 35.1 Å². The summed E-state index contributed by atoms with van der Waals surface area (Å²) in [5.74, 6) is -1.25. The first-order valence-electron chi connectivity index (χ1n) is 11.5. The third-order valence-electron chi connectivity index (χ3n) is 7.01. The molecular formula is C25H25N5O5S. The average molecular weight is 508 g/mol. The fourth-order valence-electron chi connectivity index (χ4n) is 5.14. The summed E-state index contributed by atoms with van der Waals surface area (Å²) in [6.45, 7) is 0. The number of primary amides is 1. The standard InChI is InChI=1S/C25H25N5O5S/c1-30-14-17(12-29-30)16-10-18-20(13-28-24(18)27-11-16)22(31)19-9-15(23(26)32)5-6-21(19)25(36(33,34)35)7-3-2-4-8-25/h5-6,9-14H,2-4,7-8H2,1H3,(H2,26,32)(H,27,28)(H,33,34,35). The highest BCUT2D eigenvalue weighted by atomic mass is 32.2. The van der Waals surface area contributed by atoms with Crippen molar-refractivity contribution in [1.29, 1.82) is 0 Å². The highest BCUT2D eigenvalue weighted by molar-refractivity contribution is 7.86. The van der Waals surface area contributed by atoms with E-state index in [4.69, 9.17) is 5.73 Å². The normalized spacial score (nSPS) is 15.7. The van der Waals surface area contributed by atoms with Gasteiger partial charge in [-0.15, -0.1) is 0 Å². The van der Waals surface area contributed by atoms with Crippen molar-refractivity contribution in [3.05, 3.63) is 71.3 Å². The molecule has 0 spiro atoms. The SMILES string of the molecule is Cn1cc(-c2cnc3[nH]cc(C(=O)c4cc(C(N)=O)ccc4C4(S(=O)(=O)O)CCCCC4)c3c2)cn1. The van der Waals surface area contributed by atoms with E-state index in [1.807, 2.05) is 6.20 Å². The van der Waals surface area contributed by atoms with Crippen LogP contribution >= 0.6 is 0 Å². The van der Waals surface area contributed by atoms with E-state index < -0.39 is 26.6 Å². The number of nitrogens with one attached hydrogen (secondary N) is 1. The summed E-state index contributed by atoms with van der Waals surface area (Å²) in [6, 6.07) is 5.95. The monoisotopic (exact) mass is 507 g/mol. The number of aryl methyl sites for hydroxylation is 1. The van der Waals surface area contributed by atoms with Gasteiger partial charge in [0.1, 0.15) is 10.4 Å². The lowest BCUT2D eigenvalue weighted by molar-refractivity contribution is 0.1000. The molecule has 1 fully saturated rings. The van der Waals surface area contributed by atoms with Crippen molar-refractivity contribution in [1.82, 2.24) is 19.7 Å². The van der Waals surface area contributed by atoms with Crippen molar-refractivity contribution in [2.24, 2.45) is 12.8 Å². The van der Waals surface area contributed by atoms with E-state index in [1.165, 1.54) is 24.4 Å². The summed E-state index contributed by atoms with van der Waals surface area (Å²) in [5, 5.41) is 4.70. The molecule has 1 aliphatic carbocycles. The van der Waals surface area contributed by atoms with Crippen LogP contribution in [-0.2, 0) is 21.9 Å². The quantitative estimate of drug-likeness (QED) is 0.266. The predicted molar refractivity (Wildman–Crippen MR) is 133 cm³/mol. The van der Waals surface area contributed by atoms with Crippen LogP contribution in [0.1, 0.15) is 63.9 Å². The van der Waals surface area contributed by atoms with Crippen LogP contribution in [0.3, 0.4) is 0 Å². The lowest BCUT2D eigenvalue weighted by Gasteiger charge is -2.36. The molecule has 1 aromatic carbocycles. The van der Waals surface area contributed by atoms with E-state index in [2.05, 4.69) is 15.1 Å². The van der Waals surface area contributed by atoms with Crippen molar-refractivity contribution in [2.75, 3.05) is 0 Å². The number of ketones is 1. The molecule has 3 heterocycles. The van der Waals surface area contributed by atoms with E-state index in [9.17, 15) is 22.6 Å². The summed E-state index contributed by atoms with van der Waals surface area (Å²) in [5.41, 5.74) is 8.03. The smallest absolute Gasteiger partial charge is 0.274 e. The van der Waals surface area contributed by atoms with Gasteiger partial charge in [0.25, 0.3) is 10.1 Å². The van der Waals surface area contributed by atoms with Gasteiger partial charge in [-0.1, -0.05) is 25.3 Å². The molecule has 1 saturated carbocycles. The first kappa shape index (κ1) is 23.9. The van der Waals surface area contributed by atoms with Crippen molar-refractivity contribution in [2.45, 2.75) is 36.9 Å². The van der Waals surface area contributed by atoms with Crippen molar-refractivity contribution in [3.63, 3.8) is 0 Å². The summed E-state index contributed by atoms with van der Waals surface area (Å²) < 4.78 is 35.8. The Morgan fingerprint density at radius 2 is 1.83 bits per heavy atom. The molecule has 0 atom stereocenters. The minimum absolute atomic E-state index is 0.0125. The number of nitrogens with zero attached hydrogens (tertiary/aromatic N) is 3. The van der Waals surface area contributed by atoms with Gasteiger partial charge in [0.15, 0.2) is 5.78 Å². The largest absolute Gasteiger partial charge is 0.366 e. The summed E-state index contributed by atoms with van der Waals surface area (Å²) in [6.07, 6.45) is 9.01. The highest BCUT2D eigenvalue weighted by Crippen LogP contribution is 2.45. The molecule has 3 aromatic heterocycles. The Hall–Kier alpha value is -3.83. The number of H-pyrrole nitrogens is 1. The Morgan fingerprint density at radius 1 is 1.08 bits per heavy atom. The molecule has 10 nitrogen and oxygen atoms in total. The number of rotatable bonds is 6. The van der Waals surface area contributed by atoms with Crippen molar-refractivity contribution >= 4 is 32.8 Å². The number of pyridine rings is 1. The Balaban J connectivity index is 1.70. The van der Waals surface area contributed by atoms with Crippen LogP contribution in [0.2, 0.25) is 0 Å². The number of aromatic nitrogens is 4. The summed E-state index contributed by atoms with van der Waals surface area (Å²) >= 11 is 0. The number of hydrogen-bond acceptors (Lipinski definition) is 6. The molecule has 4 N–H and O–H groups in total. The number of carbonyl (C=O) groups excluding carboxylic acids is 2. The third kappa shape index (κ3) is 3.90. The number of hydrogen-bond donors (Lipinski definition) is 3. The number of benzene rings is 1. The fourth-order valence-corrected chi connectivity index (χ4v) is 6.40. The Labute approximate surface area is 207 Å². The van der Waals surface area contributed by atoms with Crippen LogP contribution in [-0.4, -0.2) is 44.4 Å². The minimum atomic E-state index is -4.58. The Morgan fingerprint density at radius 3 is 2.47 bits per heavy atom. The molecule has 4 aromatic rings. The van der Waals surface area contributed by atoms with E-state index in [0.29, 0.717) is 23.9 Å². The topological polar surface area (TPSA) is 161 Å². The molecule has 36 heavy (non-hydrogen) atoms. The van der Waals surface area contributed by atoms with Gasteiger partial charge in [0, 0.05) is 58.8 Å². The number of amides is 1. The molecule has 186 valence electrons. The first-order valence-corrected chi connectivity index (χ1v) is 13.0. The number of fused-ring (bicyclic) bond motifs is 1. The van der Waals surface area contributed by atoms with E-state index >= 15 is 0 Å². The second kappa shape index (κ2) is 8.68. The Kier molecular flexibility index (Phi) is 5.76. The molecule has 1 amide bonds. The zero-order valence-corrected chi connectivity index (χ0v) is 20.4. The third-order valence-corrected chi connectivity index (χ3v) is 8.62. The van der Waals surface area contributed by atoms with Gasteiger partial charge in [-0.2, -0.15) is 13.5 Å². The van der Waals surface area contributed by atoms with E-state index in [1.54, 1.807) is 30.2 Å². The zero-order chi connectivity index (χ0) is 25.7. The van der Waals surface area contributed by atoms with Gasteiger partial charge < -0.3 is 10.7 Å². The maximum absolute atomic E-state index is 14.0. The molecule has 11 heteroatoms. The number of carbonyl (C=O) groups is 2. The number of nitrogens with two attached hydrogens (primary N) is 1. The van der Waals surface area contributed by atoms with E-state index in [0.717, 1.165) is 17.5 Å². The van der Waals surface area contributed by atoms with Gasteiger partial charge in [0.05, 0.1) is 6.20 Å². The first-order chi connectivity index (χ1) is 17.1. The van der Waals surface area contributed by atoms with Crippen molar-refractivity contribution < 1.29 is 22.6 Å². The number of aromatic amines is 1. The molecule has 0 bridgehead atoms. The lowest BCUT2D eigenvalue weighted by Crippen LogP contribution is -2.39.